The summed E-state index contributed by atoms with van der Waals surface area (Å²) in [5.74, 6) is 0.542. The monoisotopic (exact) mass is 363 g/mol. The van der Waals surface area contributed by atoms with Crippen molar-refractivity contribution in [2.24, 2.45) is 0 Å². The first-order chi connectivity index (χ1) is 11.5. The molecule has 0 amide bonds. The fourth-order valence-corrected chi connectivity index (χ4v) is 3.63. The van der Waals surface area contributed by atoms with Gasteiger partial charge in [-0.3, -0.25) is 9.71 Å². The molecule has 3 rings (SSSR count). The lowest BCUT2D eigenvalue weighted by molar-refractivity contribution is 0.343. The van der Waals surface area contributed by atoms with E-state index in [0.717, 1.165) is 0 Å². The van der Waals surface area contributed by atoms with Gasteiger partial charge in [-0.05, 0) is 43.3 Å². The number of ether oxygens (including phenoxy) is 1. The number of pyridine rings is 2. The van der Waals surface area contributed by atoms with Gasteiger partial charge in [-0.1, -0.05) is 11.6 Å². The lowest BCUT2D eigenvalue weighted by atomic mass is 10.2. The maximum Gasteiger partial charge on any atom is 0.262 e. The van der Waals surface area contributed by atoms with Crippen LogP contribution in [-0.4, -0.2) is 25.0 Å². The summed E-state index contributed by atoms with van der Waals surface area (Å²) in [6.45, 7) is 2.32. The van der Waals surface area contributed by atoms with Crippen LogP contribution in [0, 0.1) is 0 Å². The molecule has 0 aliphatic carbocycles. The Morgan fingerprint density at radius 2 is 2.00 bits per heavy atom. The van der Waals surface area contributed by atoms with Gasteiger partial charge in [-0.25, -0.2) is 13.4 Å². The highest BCUT2D eigenvalue weighted by Gasteiger charge is 2.20. The molecule has 0 aliphatic rings. The van der Waals surface area contributed by atoms with E-state index in [2.05, 4.69) is 14.7 Å². The van der Waals surface area contributed by atoms with Gasteiger partial charge < -0.3 is 4.74 Å². The van der Waals surface area contributed by atoms with Gasteiger partial charge >= 0.3 is 0 Å². The second kappa shape index (κ2) is 6.62. The van der Waals surface area contributed by atoms with Crippen molar-refractivity contribution in [1.29, 1.82) is 0 Å². The predicted octanol–water partition coefficient (Wildman–Crippen LogP) is 3.48. The van der Waals surface area contributed by atoms with E-state index in [1.165, 1.54) is 18.3 Å². The van der Waals surface area contributed by atoms with Crippen LogP contribution in [-0.2, 0) is 10.0 Å². The summed E-state index contributed by atoms with van der Waals surface area (Å²) in [6.07, 6.45) is 2.95. The molecule has 0 saturated heterocycles. The van der Waals surface area contributed by atoms with Crippen LogP contribution in [0.4, 0.5) is 5.69 Å². The second-order valence-electron chi connectivity index (χ2n) is 4.87. The minimum Gasteiger partial charge on any atom is -0.492 e. The van der Waals surface area contributed by atoms with Crippen LogP contribution in [0.5, 0.6) is 5.75 Å². The molecule has 0 saturated carbocycles. The molecule has 0 aliphatic heterocycles. The topological polar surface area (TPSA) is 81.2 Å². The Morgan fingerprint density at radius 1 is 1.17 bits per heavy atom. The minimum atomic E-state index is -3.81. The fraction of sp³-hybridized carbons (Fsp3) is 0.125. The number of sulfonamides is 1. The zero-order valence-electron chi connectivity index (χ0n) is 12.7. The highest BCUT2D eigenvalue weighted by Crippen LogP contribution is 2.30. The summed E-state index contributed by atoms with van der Waals surface area (Å²) in [4.78, 5) is 8.22. The number of anilines is 1. The van der Waals surface area contributed by atoms with Crippen molar-refractivity contribution in [3.63, 3.8) is 0 Å². The summed E-state index contributed by atoms with van der Waals surface area (Å²) in [7, 11) is -3.81. The number of nitrogens with zero attached hydrogens (tertiary/aromatic N) is 2. The highest BCUT2D eigenvalue weighted by molar-refractivity contribution is 7.93. The van der Waals surface area contributed by atoms with E-state index >= 15 is 0 Å². The molecule has 2 heterocycles. The van der Waals surface area contributed by atoms with E-state index in [9.17, 15) is 8.42 Å². The molecule has 0 spiro atoms. The molecule has 0 bridgehead atoms. The Morgan fingerprint density at radius 3 is 2.71 bits per heavy atom. The lowest BCUT2D eigenvalue weighted by Crippen LogP contribution is -2.14. The maximum absolute atomic E-state index is 12.7. The Hall–Kier alpha value is -2.38. The van der Waals surface area contributed by atoms with Gasteiger partial charge in [0, 0.05) is 11.6 Å². The quantitative estimate of drug-likeness (QED) is 0.702. The molecule has 1 N–H and O–H groups in total. The van der Waals surface area contributed by atoms with Gasteiger partial charge in [0.1, 0.15) is 16.4 Å². The van der Waals surface area contributed by atoms with Crippen molar-refractivity contribution < 1.29 is 13.2 Å². The standard InChI is InChI=1S/C16H14ClN3O3S/c1-2-23-13-6-7-14(12-4-3-9-18-16(12)13)24(21,22)20-11-5-8-15(17)19-10-11/h3-10,20H,2H2,1H3. The minimum absolute atomic E-state index is 0.115. The number of benzene rings is 1. The summed E-state index contributed by atoms with van der Waals surface area (Å²) < 4.78 is 33.5. The third kappa shape index (κ3) is 3.27. The first-order valence-corrected chi connectivity index (χ1v) is 9.02. The van der Waals surface area contributed by atoms with Crippen LogP contribution in [0.1, 0.15) is 6.92 Å². The van der Waals surface area contributed by atoms with Crippen LogP contribution in [0.2, 0.25) is 5.15 Å². The normalized spacial score (nSPS) is 11.4. The SMILES string of the molecule is CCOc1ccc(S(=O)(=O)Nc2ccc(Cl)nc2)c2cccnc12. The summed E-state index contributed by atoms with van der Waals surface area (Å²) in [5.41, 5.74) is 0.821. The molecule has 6 nitrogen and oxygen atoms in total. The van der Waals surface area contributed by atoms with E-state index < -0.39 is 10.0 Å². The van der Waals surface area contributed by atoms with Gasteiger partial charge in [0.05, 0.1) is 23.4 Å². The zero-order valence-corrected chi connectivity index (χ0v) is 14.3. The highest BCUT2D eigenvalue weighted by atomic mass is 35.5. The number of nitrogens with one attached hydrogen (secondary N) is 1. The Bertz CT molecular complexity index is 976. The molecule has 8 heteroatoms. The van der Waals surface area contributed by atoms with E-state index in [1.807, 2.05) is 6.92 Å². The molecular formula is C16H14ClN3O3S. The molecule has 0 fully saturated rings. The van der Waals surface area contributed by atoms with E-state index in [0.29, 0.717) is 28.9 Å². The van der Waals surface area contributed by atoms with E-state index in [4.69, 9.17) is 16.3 Å². The Balaban J connectivity index is 2.08. The molecule has 3 aromatic rings. The molecule has 24 heavy (non-hydrogen) atoms. The van der Waals surface area contributed by atoms with Crippen molar-refractivity contribution in [3.05, 3.63) is 53.9 Å². The van der Waals surface area contributed by atoms with Crippen LogP contribution in [0.25, 0.3) is 10.9 Å². The average Bonchev–Trinajstić information content (AvgIpc) is 2.57. The van der Waals surface area contributed by atoms with Crippen molar-refractivity contribution in [1.82, 2.24) is 9.97 Å². The predicted molar refractivity (Wildman–Crippen MR) is 93.0 cm³/mol. The van der Waals surface area contributed by atoms with Crippen LogP contribution >= 0.6 is 11.6 Å². The maximum atomic E-state index is 12.7. The number of aromatic nitrogens is 2. The number of rotatable bonds is 5. The number of halogens is 1. The number of fused-ring (bicyclic) bond motifs is 1. The van der Waals surface area contributed by atoms with Crippen molar-refractivity contribution >= 4 is 38.2 Å². The molecule has 2 aromatic heterocycles. The van der Waals surface area contributed by atoms with Gasteiger partial charge in [-0.15, -0.1) is 0 Å². The van der Waals surface area contributed by atoms with Crippen LogP contribution in [0.15, 0.2) is 53.7 Å². The zero-order chi connectivity index (χ0) is 17.2. The smallest absolute Gasteiger partial charge is 0.262 e. The third-order valence-electron chi connectivity index (χ3n) is 3.26. The van der Waals surface area contributed by atoms with Crippen LogP contribution in [0.3, 0.4) is 0 Å². The molecule has 0 atom stereocenters. The first kappa shape index (κ1) is 16.5. The molecule has 0 radical (unpaired) electrons. The summed E-state index contributed by atoms with van der Waals surface area (Å²) in [6, 6.07) is 9.54. The molecule has 1 aromatic carbocycles. The lowest BCUT2D eigenvalue weighted by Gasteiger charge is -2.12. The largest absolute Gasteiger partial charge is 0.492 e. The Kier molecular flexibility index (Phi) is 4.55. The van der Waals surface area contributed by atoms with Crippen LogP contribution < -0.4 is 9.46 Å². The van der Waals surface area contributed by atoms with Gasteiger partial charge in [0.25, 0.3) is 10.0 Å². The van der Waals surface area contributed by atoms with Crippen molar-refractivity contribution in [2.45, 2.75) is 11.8 Å². The third-order valence-corrected chi connectivity index (χ3v) is 4.92. The molecule has 124 valence electrons. The second-order valence-corrected chi connectivity index (χ2v) is 6.91. The van der Waals surface area contributed by atoms with E-state index in [1.54, 1.807) is 30.5 Å². The summed E-state index contributed by atoms with van der Waals surface area (Å²) >= 11 is 5.71. The fourth-order valence-electron chi connectivity index (χ4n) is 2.27. The first-order valence-electron chi connectivity index (χ1n) is 7.16. The Labute approximate surface area is 144 Å². The molecule has 0 unspecified atom stereocenters. The average molecular weight is 364 g/mol. The number of hydrogen-bond donors (Lipinski definition) is 1. The van der Waals surface area contributed by atoms with Gasteiger partial charge in [-0.2, -0.15) is 0 Å². The van der Waals surface area contributed by atoms with Crippen molar-refractivity contribution in [2.75, 3.05) is 11.3 Å². The number of hydrogen-bond acceptors (Lipinski definition) is 5. The van der Waals surface area contributed by atoms with E-state index in [-0.39, 0.29) is 10.0 Å². The van der Waals surface area contributed by atoms with Gasteiger partial charge in [0.15, 0.2) is 0 Å². The van der Waals surface area contributed by atoms with Gasteiger partial charge in [0.2, 0.25) is 0 Å². The molecular weight excluding hydrogens is 350 g/mol. The van der Waals surface area contributed by atoms with Crippen molar-refractivity contribution in [3.8, 4) is 5.75 Å². The summed E-state index contributed by atoms with van der Waals surface area (Å²) in [5, 5.41) is 0.770.